The van der Waals surface area contributed by atoms with Crippen LogP contribution in [0.3, 0.4) is 0 Å². The van der Waals surface area contributed by atoms with Gasteiger partial charge in [0.15, 0.2) is 0 Å². The van der Waals surface area contributed by atoms with E-state index in [2.05, 4.69) is 4.52 Å². The second-order valence-electron chi connectivity index (χ2n) is 3.23. The summed E-state index contributed by atoms with van der Waals surface area (Å²) in [5.41, 5.74) is 5.61. The number of hydrogen-bond donors (Lipinski definition) is 3. The van der Waals surface area contributed by atoms with Crippen LogP contribution in [0.2, 0.25) is 0 Å². The average Bonchev–Trinajstić information content (AvgIpc) is 2.30. The van der Waals surface area contributed by atoms with Crippen molar-refractivity contribution >= 4 is 7.82 Å². The molecule has 0 bridgehead atoms. The topological polar surface area (TPSA) is 92.8 Å². The van der Waals surface area contributed by atoms with Crippen molar-refractivity contribution in [1.29, 1.82) is 0 Å². The zero-order valence-electron chi connectivity index (χ0n) is 6.72. The quantitative estimate of drug-likeness (QED) is 0.560. The number of phosphoric ester groups is 1. The highest BCUT2D eigenvalue weighted by Gasteiger charge is 2.24. The summed E-state index contributed by atoms with van der Waals surface area (Å²) >= 11 is 0. The molecule has 1 saturated carbocycles. The van der Waals surface area contributed by atoms with Gasteiger partial charge in [0, 0.05) is 6.04 Å². The lowest BCUT2D eigenvalue weighted by atomic mass is 10.1. The molecule has 0 radical (unpaired) electrons. The lowest BCUT2D eigenvalue weighted by Gasteiger charge is -2.10. The molecule has 0 heterocycles. The standard InChI is InChI=1S/C6H14NO4P/c7-6-2-1-5(3-6)4-11-12(8,9)10/h5-6H,1-4,7H2,(H2,8,9,10)/t5-,6+/m0/s1. The molecule has 0 aromatic carbocycles. The minimum atomic E-state index is -4.28. The SMILES string of the molecule is N[C@@H]1CC[C@H](COP(=O)(O)O)C1. The first-order chi connectivity index (χ1) is 5.47. The molecule has 0 aromatic rings. The third-order valence-corrected chi connectivity index (χ3v) is 2.55. The first-order valence-corrected chi connectivity index (χ1v) is 5.46. The van der Waals surface area contributed by atoms with Gasteiger partial charge in [0.2, 0.25) is 0 Å². The van der Waals surface area contributed by atoms with Crippen LogP contribution in [0.15, 0.2) is 0 Å². The predicted molar refractivity (Wildman–Crippen MR) is 43.3 cm³/mol. The van der Waals surface area contributed by atoms with Crippen molar-refractivity contribution in [2.75, 3.05) is 6.61 Å². The molecule has 2 atom stereocenters. The van der Waals surface area contributed by atoms with Crippen molar-refractivity contribution in [2.45, 2.75) is 25.3 Å². The van der Waals surface area contributed by atoms with Gasteiger partial charge in [-0.15, -0.1) is 0 Å². The Morgan fingerprint density at radius 1 is 1.50 bits per heavy atom. The van der Waals surface area contributed by atoms with Crippen LogP contribution in [0.4, 0.5) is 0 Å². The van der Waals surface area contributed by atoms with Gasteiger partial charge in [-0.05, 0) is 25.2 Å². The summed E-state index contributed by atoms with van der Waals surface area (Å²) in [5.74, 6) is 0.215. The van der Waals surface area contributed by atoms with E-state index in [0.717, 1.165) is 19.3 Å². The first-order valence-electron chi connectivity index (χ1n) is 3.93. The highest BCUT2D eigenvalue weighted by atomic mass is 31.2. The lowest BCUT2D eigenvalue weighted by Crippen LogP contribution is -2.15. The summed E-state index contributed by atoms with van der Waals surface area (Å²) in [6.45, 7) is 0.123. The molecule has 0 aliphatic heterocycles. The van der Waals surface area contributed by atoms with E-state index in [1.165, 1.54) is 0 Å². The first kappa shape index (κ1) is 10.2. The Balaban J connectivity index is 2.21. The second kappa shape index (κ2) is 3.85. The Kier molecular flexibility index (Phi) is 3.26. The van der Waals surface area contributed by atoms with Gasteiger partial charge in [-0.3, -0.25) is 4.52 Å². The van der Waals surface area contributed by atoms with E-state index in [-0.39, 0.29) is 18.6 Å². The molecule has 72 valence electrons. The van der Waals surface area contributed by atoms with Crippen LogP contribution in [-0.2, 0) is 9.09 Å². The minimum Gasteiger partial charge on any atom is -0.328 e. The third-order valence-electron chi connectivity index (χ3n) is 2.06. The van der Waals surface area contributed by atoms with Gasteiger partial charge < -0.3 is 15.5 Å². The van der Waals surface area contributed by atoms with Gasteiger partial charge in [0.1, 0.15) is 0 Å². The molecule has 0 spiro atoms. The fourth-order valence-corrected chi connectivity index (χ4v) is 1.87. The molecule has 12 heavy (non-hydrogen) atoms. The maximum Gasteiger partial charge on any atom is 0.469 e. The Morgan fingerprint density at radius 2 is 2.17 bits per heavy atom. The van der Waals surface area contributed by atoms with E-state index in [4.69, 9.17) is 15.5 Å². The summed E-state index contributed by atoms with van der Waals surface area (Å²) in [7, 11) is -4.28. The molecule has 0 amide bonds. The Bertz CT molecular complexity index is 192. The summed E-state index contributed by atoms with van der Waals surface area (Å²) in [6.07, 6.45) is 2.64. The van der Waals surface area contributed by atoms with Gasteiger partial charge in [-0.25, -0.2) is 4.57 Å². The van der Waals surface area contributed by atoms with E-state index in [1.807, 2.05) is 0 Å². The van der Waals surface area contributed by atoms with Crippen molar-refractivity contribution in [2.24, 2.45) is 11.7 Å². The predicted octanol–water partition coefficient (Wildman–Crippen LogP) is 0.223. The Hall–Kier alpha value is 0.0700. The lowest BCUT2D eigenvalue weighted by molar-refractivity contribution is 0.168. The molecule has 1 fully saturated rings. The number of rotatable bonds is 3. The van der Waals surface area contributed by atoms with Crippen molar-refractivity contribution in [3.8, 4) is 0 Å². The van der Waals surface area contributed by atoms with Crippen LogP contribution >= 0.6 is 7.82 Å². The van der Waals surface area contributed by atoms with E-state index < -0.39 is 7.82 Å². The zero-order valence-corrected chi connectivity index (χ0v) is 7.61. The summed E-state index contributed by atoms with van der Waals surface area (Å²) in [4.78, 5) is 16.8. The van der Waals surface area contributed by atoms with Gasteiger partial charge >= 0.3 is 7.82 Å². The van der Waals surface area contributed by atoms with E-state index in [0.29, 0.717) is 0 Å². The van der Waals surface area contributed by atoms with Crippen LogP contribution in [-0.4, -0.2) is 22.4 Å². The molecular formula is C6H14NO4P. The molecule has 1 rings (SSSR count). The van der Waals surface area contributed by atoms with Crippen LogP contribution in [0.1, 0.15) is 19.3 Å². The average molecular weight is 195 g/mol. The maximum atomic E-state index is 10.3. The van der Waals surface area contributed by atoms with Crippen LogP contribution in [0, 0.1) is 5.92 Å². The molecule has 6 heteroatoms. The Labute approximate surface area is 71.1 Å². The van der Waals surface area contributed by atoms with E-state index in [9.17, 15) is 4.57 Å². The molecule has 0 unspecified atom stereocenters. The van der Waals surface area contributed by atoms with Crippen LogP contribution in [0.5, 0.6) is 0 Å². The van der Waals surface area contributed by atoms with Crippen molar-refractivity contribution < 1.29 is 18.9 Å². The van der Waals surface area contributed by atoms with Gasteiger partial charge in [0.05, 0.1) is 6.61 Å². The highest BCUT2D eigenvalue weighted by molar-refractivity contribution is 7.46. The summed E-state index contributed by atoms with van der Waals surface area (Å²) in [6, 6.07) is 0.176. The fourth-order valence-electron chi connectivity index (χ4n) is 1.47. The number of hydrogen-bond acceptors (Lipinski definition) is 3. The van der Waals surface area contributed by atoms with Crippen LogP contribution in [0.25, 0.3) is 0 Å². The number of nitrogens with two attached hydrogens (primary N) is 1. The van der Waals surface area contributed by atoms with Crippen molar-refractivity contribution in [3.63, 3.8) is 0 Å². The summed E-state index contributed by atoms with van der Waals surface area (Å²) in [5, 5.41) is 0. The molecule has 0 aromatic heterocycles. The van der Waals surface area contributed by atoms with E-state index >= 15 is 0 Å². The maximum absolute atomic E-state index is 10.3. The van der Waals surface area contributed by atoms with Gasteiger partial charge in [0.25, 0.3) is 0 Å². The van der Waals surface area contributed by atoms with Crippen LogP contribution < -0.4 is 5.73 Å². The number of phosphoric acid groups is 1. The molecule has 4 N–H and O–H groups in total. The largest absolute Gasteiger partial charge is 0.469 e. The minimum absolute atomic E-state index is 0.123. The molecular weight excluding hydrogens is 181 g/mol. The van der Waals surface area contributed by atoms with Crippen molar-refractivity contribution in [1.82, 2.24) is 0 Å². The smallest absolute Gasteiger partial charge is 0.328 e. The molecule has 1 aliphatic carbocycles. The normalized spacial score (nSPS) is 30.9. The molecule has 5 nitrogen and oxygen atoms in total. The highest BCUT2D eigenvalue weighted by Crippen LogP contribution is 2.38. The summed E-state index contributed by atoms with van der Waals surface area (Å²) < 4.78 is 14.7. The fraction of sp³-hybridized carbons (Fsp3) is 1.00. The van der Waals surface area contributed by atoms with E-state index in [1.54, 1.807) is 0 Å². The second-order valence-corrected chi connectivity index (χ2v) is 4.46. The monoisotopic (exact) mass is 195 g/mol. The molecule has 1 aliphatic rings. The van der Waals surface area contributed by atoms with Gasteiger partial charge in [-0.2, -0.15) is 0 Å². The Morgan fingerprint density at radius 3 is 2.58 bits per heavy atom. The van der Waals surface area contributed by atoms with Gasteiger partial charge in [-0.1, -0.05) is 0 Å². The molecule has 0 saturated heterocycles. The third kappa shape index (κ3) is 3.65. The van der Waals surface area contributed by atoms with Crippen molar-refractivity contribution in [3.05, 3.63) is 0 Å². The zero-order chi connectivity index (χ0) is 9.19.